The van der Waals surface area contributed by atoms with Crippen LogP contribution in [0.1, 0.15) is 28.9 Å². The molecule has 29 heavy (non-hydrogen) atoms. The number of hydrogen-bond donors (Lipinski definition) is 2. The van der Waals surface area contributed by atoms with Crippen LogP contribution >= 0.6 is 34.5 Å². The second-order valence-corrected chi connectivity index (χ2v) is 10.1. The maximum Gasteiger partial charge on any atom is 0.264 e. The summed E-state index contributed by atoms with van der Waals surface area (Å²) in [5, 5.41) is 2.80. The summed E-state index contributed by atoms with van der Waals surface area (Å²) in [6.07, 6.45) is 0. The number of carbonyl (C=O) groups is 1. The van der Waals surface area contributed by atoms with Crippen molar-refractivity contribution in [2.24, 2.45) is 0 Å². The third-order valence-corrected chi connectivity index (χ3v) is 7.17. The lowest BCUT2D eigenvalue weighted by molar-refractivity contribution is 0.0940. The minimum absolute atomic E-state index is 0.0632. The van der Waals surface area contributed by atoms with Gasteiger partial charge in [-0.15, -0.1) is 11.3 Å². The van der Waals surface area contributed by atoms with Crippen molar-refractivity contribution in [1.29, 1.82) is 0 Å². The third kappa shape index (κ3) is 5.27. The fourth-order valence-electron chi connectivity index (χ4n) is 2.52. The number of thiophene rings is 1. The van der Waals surface area contributed by atoms with E-state index in [1.54, 1.807) is 19.1 Å². The summed E-state index contributed by atoms with van der Waals surface area (Å²) in [7, 11) is -3.90. The molecule has 0 aliphatic heterocycles. The molecule has 0 saturated heterocycles. The number of rotatable bonds is 6. The van der Waals surface area contributed by atoms with Gasteiger partial charge in [0.05, 0.1) is 10.4 Å². The molecule has 3 rings (SSSR count). The van der Waals surface area contributed by atoms with E-state index in [0.717, 1.165) is 16.9 Å². The molecular formula is C19H15Cl2FN2O3S2. The van der Waals surface area contributed by atoms with E-state index in [-0.39, 0.29) is 37.0 Å². The molecule has 0 bridgehead atoms. The molecule has 0 fully saturated rings. The Labute approximate surface area is 181 Å². The highest BCUT2D eigenvalue weighted by molar-refractivity contribution is 7.93. The largest absolute Gasteiger partial charge is 0.346 e. The summed E-state index contributed by atoms with van der Waals surface area (Å²) in [6.45, 7) is 1.78. The molecule has 0 aliphatic carbocycles. The topological polar surface area (TPSA) is 75.3 Å². The van der Waals surface area contributed by atoms with Crippen molar-refractivity contribution in [1.82, 2.24) is 5.32 Å². The number of halogens is 3. The van der Waals surface area contributed by atoms with Crippen molar-refractivity contribution in [3.63, 3.8) is 0 Å². The van der Waals surface area contributed by atoms with Crippen molar-refractivity contribution >= 4 is 56.2 Å². The quantitative estimate of drug-likeness (QED) is 0.498. The van der Waals surface area contributed by atoms with Crippen molar-refractivity contribution in [3.05, 3.63) is 80.2 Å². The van der Waals surface area contributed by atoms with E-state index in [0.29, 0.717) is 5.56 Å². The Balaban J connectivity index is 1.68. The average Bonchev–Trinajstić information content (AvgIpc) is 3.01. The summed E-state index contributed by atoms with van der Waals surface area (Å²) in [5.41, 5.74) is 1.38. The van der Waals surface area contributed by atoms with Crippen LogP contribution in [0.5, 0.6) is 0 Å². The lowest BCUT2D eigenvalue weighted by atomic mass is 10.1. The summed E-state index contributed by atoms with van der Waals surface area (Å²) in [6, 6.07) is 12.7. The van der Waals surface area contributed by atoms with Crippen LogP contribution in [-0.2, 0) is 10.0 Å². The predicted molar refractivity (Wildman–Crippen MR) is 114 cm³/mol. The summed E-state index contributed by atoms with van der Waals surface area (Å²) >= 11 is 12.7. The zero-order valence-corrected chi connectivity index (χ0v) is 18.1. The Kier molecular flexibility index (Phi) is 6.48. The van der Waals surface area contributed by atoms with Crippen molar-refractivity contribution in [2.45, 2.75) is 17.9 Å². The minimum atomic E-state index is -3.90. The summed E-state index contributed by atoms with van der Waals surface area (Å²) < 4.78 is 40.6. The highest BCUT2D eigenvalue weighted by atomic mass is 35.5. The molecule has 152 valence electrons. The number of amides is 1. The van der Waals surface area contributed by atoms with E-state index in [1.165, 1.54) is 42.5 Å². The van der Waals surface area contributed by atoms with E-state index in [1.807, 2.05) is 0 Å². The first-order valence-corrected chi connectivity index (χ1v) is 11.4. The molecule has 0 radical (unpaired) electrons. The number of benzene rings is 2. The maximum atomic E-state index is 13.0. The monoisotopic (exact) mass is 472 g/mol. The van der Waals surface area contributed by atoms with E-state index in [9.17, 15) is 17.6 Å². The Bertz CT molecular complexity index is 1130. The average molecular weight is 473 g/mol. The van der Waals surface area contributed by atoms with Gasteiger partial charge in [0.15, 0.2) is 0 Å². The van der Waals surface area contributed by atoms with Gasteiger partial charge in [-0.2, -0.15) is 0 Å². The molecule has 2 N–H and O–H groups in total. The van der Waals surface area contributed by atoms with Gasteiger partial charge in [0.25, 0.3) is 15.9 Å². The Morgan fingerprint density at radius 1 is 1.07 bits per heavy atom. The van der Waals surface area contributed by atoms with Crippen LogP contribution in [-0.4, -0.2) is 14.3 Å². The number of sulfonamides is 1. The second-order valence-electron chi connectivity index (χ2n) is 6.12. The van der Waals surface area contributed by atoms with Crippen molar-refractivity contribution in [2.75, 3.05) is 4.72 Å². The standard InChI is InChI=1S/C19H15Cl2FN2O3S2/c1-11(12-2-6-14(22)7-3-12)23-19(25)13-4-8-15(9-5-13)24-29(26,27)16-10-17(20)28-18(16)21/h2-11,24H,1H3,(H,23,25). The number of carbonyl (C=O) groups excluding carboxylic acids is 1. The van der Waals surface area contributed by atoms with Gasteiger partial charge in [-0.1, -0.05) is 35.3 Å². The van der Waals surface area contributed by atoms with Crippen molar-refractivity contribution < 1.29 is 17.6 Å². The first kappa shape index (κ1) is 21.6. The number of anilines is 1. The molecule has 1 amide bonds. The predicted octanol–water partition coefficient (Wildman–Crippen LogP) is 5.49. The van der Waals surface area contributed by atoms with E-state index in [4.69, 9.17) is 23.2 Å². The fourth-order valence-corrected chi connectivity index (χ4v) is 5.73. The van der Waals surface area contributed by atoms with Gasteiger partial charge in [-0.3, -0.25) is 9.52 Å². The van der Waals surface area contributed by atoms with Crippen LogP contribution in [0, 0.1) is 5.82 Å². The summed E-state index contributed by atoms with van der Waals surface area (Å²) in [4.78, 5) is 12.3. The first-order valence-electron chi connectivity index (χ1n) is 8.30. The molecule has 1 atom stereocenters. The van der Waals surface area contributed by atoms with E-state index < -0.39 is 10.0 Å². The molecule has 3 aromatic rings. The Morgan fingerprint density at radius 3 is 2.24 bits per heavy atom. The Hall–Kier alpha value is -2.13. The lowest BCUT2D eigenvalue weighted by Gasteiger charge is -2.14. The fraction of sp³-hybridized carbons (Fsp3) is 0.105. The molecule has 5 nitrogen and oxygen atoms in total. The van der Waals surface area contributed by atoms with Crippen LogP contribution in [0.4, 0.5) is 10.1 Å². The molecular weight excluding hydrogens is 458 g/mol. The second kappa shape index (κ2) is 8.71. The first-order chi connectivity index (χ1) is 13.7. The zero-order chi connectivity index (χ0) is 21.2. The van der Waals surface area contributed by atoms with Gasteiger partial charge >= 0.3 is 0 Å². The molecule has 1 unspecified atom stereocenters. The van der Waals surface area contributed by atoms with Crippen LogP contribution in [0.15, 0.2) is 59.5 Å². The number of nitrogens with one attached hydrogen (secondary N) is 2. The van der Waals surface area contributed by atoms with Gasteiger partial charge in [0, 0.05) is 11.3 Å². The van der Waals surface area contributed by atoms with Crippen LogP contribution in [0.25, 0.3) is 0 Å². The van der Waals surface area contributed by atoms with Crippen LogP contribution in [0.3, 0.4) is 0 Å². The molecule has 2 aromatic carbocycles. The van der Waals surface area contributed by atoms with E-state index >= 15 is 0 Å². The molecule has 0 saturated carbocycles. The van der Waals surface area contributed by atoms with Gasteiger partial charge in [0.2, 0.25) is 0 Å². The third-order valence-electron chi connectivity index (χ3n) is 4.03. The molecule has 1 aromatic heterocycles. The highest BCUT2D eigenvalue weighted by Gasteiger charge is 2.21. The number of hydrogen-bond acceptors (Lipinski definition) is 4. The normalized spacial score (nSPS) is 12.4. The SMILES string of the molecule is CC(NC(=O)c1ccc(NS(=O)(=O)c2cc(Cl)sc2Cl)cc1)c1ccc(F)cc1. The van der Waals surface area contributed by atoms with Gasteiger partial charge in [-0.05, 0) is 55.0 Å². The molecule has 10 heteroatoms. The summed E-state index contributed by atoms with van der Waals surface area (Å²) in [5.74, 6) is -0.694. The highest BCUT2D eigenvalue weighted by Crippen LogP contribution is 2.35. The molecule has 1 heterocycles. The Morgan fingerprint density at radius 2 is 1.69 bits per heavy atom. The van der Waals surface area contributed by atoms with E-state index in [2.05, 4.69) is 10.0 Å². The van der Waals surface area contributed by atoms with Gasteiger partial charge in [0.1, 0.15) is 15.0 Å². The van der Waals surface area contributed by atoms with Gasteiger partial charge in [-0.25, -0.2) is 12.8 Å². The van der Waals surface area contributed by atoms with Crippen LogP contribution < -0.4 is 10.0 Å². The molecule has 0 spiro atoms. The van der Waals surface area contributed by atoms with Gasteiger partial charge < -0.3 is 5.32 Å². The lowest BCUT2D eigenvalue weighted by Crippen LogP contribution is -2.26. The zero-order valence-electron chi connectivity index (χ0n) is 14.9. The van der Waals surface area contributed by atoms with Crippen molar-refractivity contribution in [3.8, 4) is 0 Å². The smallest absolute Gasteiger partial charge is 0.264 e. The molecule has 0 aliphatic rings. The maximum absolute atomic E-state index is 13.0. The minimum Gasteiger partial charge on any atom is -0.346 e. The van der Waals surface area contributed by atoms with Crippen LogP contribution in [0.2, 0.25) is 8.67 Å².